The molecule has 0 aliphatic rings. The molecule has 0 atom stereocenters. The molecule has 0 saturated heterocycles. The minimum Gasteiger partial charge on any atom is -0.323 e. The van der Waals surface area contributed by atoms with Crippen LogP contribution in [0, 0.1) is 11.7 Å². The Kier molecular flexibility index (Phi) is 5.61. The number of hydrogen-bond donors (Lipinski definition) is 1. The summed E-state index contributed by atoms with van der Waals surface area (Å²) < 4.78 is 43.3. The topological polar surface area (TPSA) is 89.4 Å². The molecule has 158 valence electrons. The van der Waals surface area contributed by atoms with Crippen LogP contribution < -0.4 is 11.1 Å². The van der Waals surface area contributed by atoms with Gasteiger partial charge in [0.25, 0.3) is 11.1 Å². The van der Waals surface area contributed by atoms with Crippen molar-refractivity contribution in [1.29, 1.82) is 0 Å². The molecule has 0 aliphatic heterocycles. The molecule has 0 bridgehead atoms. The van der Waals surface area contributed by atoms with Gasteiger partial charge >= 0.3 is 6.18 Å². The normalized spacial score (nSPS) is 12.1. The first-order chi connectivity index (χ1) is 14.0. The van der Waals surface area contributed by atoms with Crippen LogP contribution in [0.5, 0.6) is 0 Å². The van der Waals surface area contributed by atoms with Gasteiger partial charge in [-0.2, -0.15) is 13.2 Å². The van der Waals surface area contributed by atoms with E-state index in [1.54, 1.807) is 11.5 Å². The Balaban J connectivity index is 2.11. The summed E-state index contributed by atoms with van der Waals surface area (Å²) in [5, 5.41) is 7.76. The number of azo groups is 1. The van der Waals surface area contributed by atoms with E-state index in [1.807, 2.05) is 6.92 Å². The molecule has 3 rings (SSSR count). The highest BCUT2D eigenvalue weighted by atomic mass is 32.1. The van der Waals surface area contributed by atoms with Gasteiger partial charge in [0.15, 0.2) is 16.1 Å². The van der Waals surface area contributed by atoms with E-state index in [0.717, 1.165) is 16.8 Å². The van der Waals surface area contributed by atoms with Gasteiger partial charge in [0.1, 0.15) is 0 Å². The molecular weight excluding hydrogens is 421 g/mol. The van der Waals surface area contributed by atoms with E-state index in [9.17, 15) is 22.8 Å². The zero-order valence-corrected chi connectivity index (χ0v) is 17.0. The Morgan fingerprint density at radius 1 is 1.20 bits per heavy atom. The highest BCUT2D eigenvalue weighted by Gasteiger charge is 2.31. The van der Waals surface area contributed by atoms with Crippen LogP contribution in [0.3, 0.4) is 0 Å². The molecule has 8 nitrogen and oxygen atoms in total. The SMILES string of the molecule is CCn1cc(N=Nc2c(C)n(C)n(-c3cccc(C(F)(F)F)c3)c2=O)c(=O)[nH]c1=S. The van der Waals surface area contributed by atoms with Crippen LogP contribution in [0.25, 0.3) is 5.69 Å². The number of alkyl halides is 3. The van der Waals surface area contributed by atoms with Crippen molar-refractivity contribution in [1.82, 2.24) is 18.9 Å². The van der Waals surface area contributed by atoms with Gasteiger partial charge in [0.05, 0.1) is 16.9 Å². The van der Waals surface area contributed by atoms with E-state index in [-0.39, 0.29) is 21.8 Å². The van der Waals surface area contributed by atoms with Crippen LogP contribution in [0.15, 0.2) is 50.3 Å². The van der Waals surface area contributed by atoms with E-state index >= 15 is 0 Å². The number of halogens is 3. The van der Waals surface area contributed by atoms with Crippen molar-refractivity contribution in [3.63, 3.8) is 0 Å². The highest BCUT2D eigenvalue weighted by molar-refractivity contribution is 7.71. The van der Waals surface area contributed by atoms with E-state index < -0.39 is 22.9 Å². The molecule has 0 unspecified atom stereocenters. The fraction of sp³-hybridized carbons (Fsp3) is 0.278. The molecule has 2 aromatic heterocycles. The van der Waals surface area contributed by atoms with Gasteiger partial charge in [-0.05, 0) is 44.3 Å². The van der Waals surface area contributed by atoms with E-state index in [0.29, 0.717) is 12.2 Å². The third kappa shape index (κ3) is 3.90. The number of hydrogen-bond acceptors (Lipinski definition) is 5. The van der Waals surface area contributed by atoms with Crippen molar-refractivity contribution in [3.8, 4) is 5.69 Å². The van der Waals surface area contributed by atoms with Gasteiger partial charge in [-0.3, -0.25) is 19.3 Å². The maximum atomic E-state index is 13.0. The van der Waals surface area contributed by atoms with Crippen LogP contribution in [-0.4, -0.2) is 18.9 Å². The molecule has 0 spiro atoms. The summed E-state index contributed by atoms with van der Waals surface area (Å²) in [6.45, 7) is 3.89. The lowest BCUT2D eigenvalue weighted by atomic mass is 10.2. The first-order valence-electron chi connectivity index (χ1n) is 8.76. The number of aromatic nitrogens is 4. The number of nitrogens with zero attached hydrogens (tertiary/aromatic N) is 5. The summed E-state index contributed by atoms with van der Waals surface area (Å²) in [6, 6.07) is 4.39. The molecule has 0 fully saturated rings. The van der Waals surface area contributed by atoms with Crippen LogP contribution in [-0.2, 0) is 19.8 Å². The van der Waals surface area contributed by atoms with Crippen molar-refractivity contribution < 1.29 is 13.2 Å². The lowest BCUT2D eigenvalue weighted by molar-refractivity contribution is -0.137. The molecule has 30 heavy (non-hydrogen) atoms. The van der Waals surface area contributed by atoms with Gasteiger partial charge in [-0.25, -0.2) is 4.68 Å². The Morgan fingerprint density at radius 3 is 2.53 bits per heavy atom. The molecule has 0 aliphatic carbocycles. The van der Waals surface area contributed by atoms with Crippen molar-refractivity contribution in [2.75, 3.05) is 0 Å². The number of nitrogens with one attached hydrogen (secondary N) is 1. The summed E-state index contributed by atoms with van der Waals surface area (Å²) in [4.78, 5) is 27.4. The highest BCUT2D eigenvalue weighted by Crippen LogP contribution is 2.30. The third-order valence-corrected chi connectivity index (χ3v) is 4.87. The number of aryl methyl sites for hydroxylation is 1. The first kappa shape index (κ1) is 21.4. The number of rotatable bonds is 4. The van der Waals surface area contributed by atoms with Crippen molar-refractivity contribution in [2.45, 2.75) is 26.6 Å². The minimum absolute atomic E-state index is 0.0269. The molecule has 3 aromatic rings. The number of aromatic amines is 1. The molecule has 0 radical (unpaired) electrons. The zero-order valence-electron chi connectivity index (χ0n) is 16.2. The third-order valence-electron chi connectivity index (χ3n) is 4.53. The van der Waals surface area contributed by atoms with Gasteiger partial charge in [-0.1, -0.05) is 6.07 Å². The Hall–Kier alpha value is -3.28. The minimum atomic E-state index is -4.55. The first-order valence-corrected chi connectivity index (χ1v) is 9.17. The summed E-state index contributed by atoms with van der Waals surface area (Å²) in [5.74, 6) is 0. The molecule has 2 heterocycles. The van der Waals surface area contributed by atoms with Gasteiger partial charge in [0, 0.05) is 19.8 Å². The summed E-state index contributed by atoms with van der Waals surface area (Å²) in [7, 11) is 1.51. The maximum absolute atomic E-state index is 13.0. The second kappa shape index (κ2) is 7.86. The Morgan fingerprint density at radius 2 is 1.90 bits per heavy atom. The van der Waals surface area contributed by atoms with Crippen molar-refractivity contribution >= 4 is 23.6 Å². The Labute approximate surface area is 172 Å². The Bertz CT molecular complexity index is 1310. The maximum Gasteiger partial charge on any atom is 0.416 e. The molecule has 1 N–H and O–H groups in total. The van der Waals surface area contributed by atoms with E-state index in [1.165, 1.54) is 30.1 Å². The average molecular weight is 438 g/mol. The van der Waals surface area contributed by atoms with Crippen LogP contribution in [0.1, 0.15) is 18.2 Å². The monoisotopic (exact) mass is 438 g/mol. The second-order valence-electron chi connectivity index (χ2n) is 6.38. The van der Waals surface area contributed by atoms with Gasteiger partial charge in [-0.15, -0.1) is 10.2 Å². The van der Waals surface area contributed by atoms with E-state index in [2.05, 4.69) is 15.2 Å². The predicted molar refractivity (Wildman–Crippen MR) is 106 cm³/mol. The molecule has 1 aromatic carbocycles. The molecule has 0 amide bonds. The lowest BCUT2D eigenvalue weighted by Crippen LogP contribution is -2.20. The number of benzene rings is 1. The standard InChI is InChI=1S/C18H17F3N6O2S/c1-4-26-9-13(15(28)22-17(26)30)23-24-14-10(2)25(3)27(16(14)29)12-7-5-6-11(8-12)18(19,20)21/h5-9H,4H2,1-3H3,(H,22,28,30). The van der Waals surface area contributed by atoms with Crippen LogP contribution in [0.2, 0.25) is 0 Å². The summed E-state index contributed by atoms with van der Waals surface area (Å²) in [6.07, 6.45) is -3.14. The van der Waals surface area contributed by atoms with Gasteiger partial charge < -0.3 is 4.57 Å². The smallest absolute Gasteiger partial charge is 0.323 e. The predicted octanol–water partition coefficient (Wildman–Crippen LogP) is 4.16. The lowest BCUT2D eigenvalue weighted by Gasteiger charge is -2.11. The summed E-state index contributed by atoms with van der Waals surface area (Å²) >= 11 is 5.03. The second-order valence-corrected chi connectivity index (χ2v) is 6.77. The van der Waals surface area contributed by atoms with Crippen LogP contribution in [0.4, 0.5) is 24.5 Å². The van der Waals surface area contributed by atoms with Gasteiger partial charge in [0.2, 0.25) is 0 Å². The largest absolute Gasteiger partial charge is 0.416 e. The quantitative estimate of drug-likeness (QED) is 0.490. The summed E-state index contributed by atoms with van der Waals surface area (Å²) in [5.41, 5.74) is -1.88. The molecular formula is C18H17F3N6O2S. The molecule has 12 heteroatoms. The molecule has 0 saturated carbocycles. The van der Waals surface area contributed by atoms with Crippen molar-refractivity contribution in [2.24, 2.45) is 17.3 Å². The zero-order chi connectivity index (χ0) is 22.2. The fourth-order valence-electron chi connectivity index (χ4n) is 2.82. The fourth-order valence-corrected chi connectivity index (χ4v) is 3.10. The van der Waals surface area contributed by atoms with E-state index in [4.69, 9.17) is 12.2 Å². The van der Waals surface area contributed by atoms with Crippen molar-refractivity contribution in [3.05, 3.63) is 67.2 Å². The number of H-pyrrole nitrogens is 1. The van der Waals surface area contributed by atoms with Crippen LogP contribution >= 0.6 is 12.2 Å². The average Bonchev–Trinajstić information content (AvgIpc) is 2.89.